The fourth-order valence-electron chi connectivity index (χ4n) is 3.55. The third kappa shape index (κ3) is 3.19. The number of amides is 1. The topological polar surface area (TPSA) is 62.1 Å². The number of likely N-dealkylation sites (tertiary alicyclic amines) is 1. The van der Waals surface area contributed by atoms with Crippen molar-refractivity contribution in [3.05, 3.63) is 40.6 Å². The van der Waals surface area contributed by atoms with Gasteiger partial charge in [0.15, 0.2) is 0 Å². The standard InChI is InChI=1S/C18H25N3O2/c1-11-8-17(20-19-11)15-6-5-7-21(10-15)18(22)13(3)16-9-12(2)23-14(16)4/h8-9,13,15H,5-7,10H2,1-4H3,(H,19,20)/t13-,15+/m1/s1. The number of aromatic amines is 1. The molecule has 0 unspecified atom stereocenters. The van der Waals surface area contributed by atoms with Crippen LogP contribution in [-0.4, -0.2) is 34.1 Å². The summed E-state index contributed by atoms with van der Waals surface area (Å²) in [5.74, 6) is 2.07. The number of nitrogens with zero attached hydrogens (tertiary/aromatic N) is 2. The largest absolute Gasteiger partial charge is 0.466 e. The van der Waals surface area contributed by atoms with Crippen molar-refractivity contribution < 1.29 is 9.21 Å². The number of rotatable bonds is 3. The molecule has 1 fully saturated rings. The summed E-state index contributed by atoms with van der Waals surface area (Å²) in [7, 11) is 0. The van der Waals surface area contributed by atoms with Gasteiger partial charge in [0.2, 0.25) is 5.91 Å². The Morgan fingerprint density at radius 1 is 1.39 bits per heavy atom. The molecule has 3 heterocycles. The lowest BCUT2D eigenvalue weighted by molar-refractivity contribution is -0.133. The highest BCUT2D eigenvalue weighted by Gasteiger charge is 2.30. The molecule has 124 valence electrons. The number of hydrogen-bond acceptors (Lipinski definition) is 3. The van der Waals surface area contributed by atoms with Crippen LogP contribution in [0.2, 0.25) is 0 Å². The third-order valence-corrected chi connectivity index (χ3v) is 4.79. The Bertz CT molecular complexity index is 701. The van der Waals surface area contributed by atoms with Crippen LogP contribution < -0.4 is 0 Å². The van der Waals surface area contributed by atoms with Crippen molar-refractivity contribution in [1.82, 2.24) is 15.1 Å². The maximum atomic E-state index is 12.9. The van der Waals surface area contributed by atoms with Crippen molar-refractivity contribution in [2.45, 2.75) is 52.4 Å². The Labute approximate surface area is 137 Å². The van der Waals surface area contributed by atoms with Gasteiger partial charge in [0.05, 0.1) is 11.6 Å². The molecule has 0 radical (unpaired) electrons. The number of aryl methyl sites for hydroxylation is 3. The second-order valence-electron chi connectivity index (χ2n) is 6.69. The van der Waals surface area contributed by atoms with Gasteiger partial charge in [0.1, 0.15) is 11.5 Å². The van der Waals surface area contributed by atoms with Crippen LogP contribution >= 0.6 is 0 Å². The smallest absolute Gasteiger partial charge is 0.229 e. The summed E-state index contributed by atoms with van der Waals surface area (Å²) in [6.45, 7) is 9.42. The van der Waals surface area contributed by atoms with E-state index in [-0.39, 0.29) is 11.8 Å². The molecule has 5 heteroatoms. The van der Waals surface area contributed by atoms with Crippen LogP contribution in [0, 0.1) is 20.8 Å². The van der Waals surface area contributed by atoms with Gasteiger partial charge < -0.3 is 9.32 Å². The second-order valence-corrected chi connectivity index (χ2v) is 6.69. The molecule has 23 heavy (non-hydrogen) atoms. The molecule has 0 aromatic carbocycles. The van der Waals surface area contributed by atoms with Crippen molar-refractivity contribution >= 4 is 5.91 Å². The molecule has 0 aliphatic carbocycles. The quantitative estimate of drug-likeness (QED) is 0.944. The molecular weight excluding hydrogens is 290 g/mol. The van der Waals surface area contributed by atoms with Gasteiger partial charge in [-0.3, -0.25) is 9.89 Å². The summed E-state index contributed by atoms with van der Waals surface area (Å²) in [6, 6.07) is 4.07. The van der Waals surface area contributed by atoms with Gasteiger partial charge in [0, 0.05) is 30.3 Å². The lowest BCUT2D eigenvalue weighted by Gasteiger charge is -2.33. The maximum Gasteiger partial charge on any atom is 0.229 e. The van der Waals surface area contributed by atoms with Crippen LogP contribution in [0.4, 0.5) is 0 Å². The van der Waals surface area contributed by atoms with E-state index in [1.165, 1.54) is 0 Å². The predicted molar refractivity (Wildman–Crippen MR) is 88.5 cm³/mol. The average molecular weight is 315 g/mol. The van der Waals surface area contributed by atoms with Crippen molar-refractivity contribution in [1.29, 1.82) is 0 Å². The highest BCUT2D eigenvalue weighted by Crippen LogP contribution is 2.30. The summed E-state index contributed by atoms with van der Waals surface area (Å²) in [5.41, 5.74) is 3.15. The minimum Gasteiger partial charge on any atom is -0.466 e. The first-order valence-electron chi connectivity index (χ1n) is 8.33. The summed E-state index contributed by atoms with van der Waals surface area (Å²) >= 11 is 0. The highest BCUT2D eigenvalue weighted by molar-refractivity contribution is 5.83. The van der Waals surface area contributed by atoms with E-state index in [1.54, 1.807) is 0 Å². The average Bonchev–Trinajstić information content (AvgIpc) is 3.11. The number of nitrogens with one attached hydrogen (secondary N) is 1. The van der Waals surface area contributed by atoms with Gasteiger partial charge >= 0.3 is 0 Å². The van der Waals surface area contributed by atoms with Gasteiger partial charge in [-0.1, -0.05) is 0 Å². The van der Waals surface area contributed by atoms with E-state index < -0.39 is 0 Å². The van der Waals surface area contributed by atoms with Gasteiger partial charge in [-0.25, -0.2) is 0 Å². The zero-order chi connectivity index (χ0) is 16.6. The van der Waals surface area contributed by atoms with Crippen molar-refractivity contribution in [3.8, 4) is 0 Å². The summed E-state index contributed by atoms with van der Waals surface area (Å²) in [6.07, 6.45) is 2.12. The van der Waals surface area contributed by atoms with E-state index in [9.17, 15) is 4.79 Å². The molecule has 2 aromatic rings. The monoisotopic (exact) mass is 315 g/mol. The Balaban J connectivity index is 1.73. The number of furan rings is 1. The Hall–Kier alpha value is -2.04. The predicted octanol–water partition coefficient (Wildman–Crippen LogP) is 3.44. The van der Waals surface area contributed by atoms with E-state index in [0.29, 0.717) is 5.92 Å². The van der Waals surface area contributed by atoms with Gasteiger partial charge in [-0.15, -0.1) is 0 Å². The van der Waals surface area contributed by atoms with Crippen LogP contribution in [0.3, 0.4) is 0 Å². The first-order valence-corrected chi connectivity index (χ1v) is 8.33. The SMILES string of the molecule is Cc1cc([C@H]2CCCN(C(=O)[C@H](C)c3cc(C)oc3C)C2)n[nH]1. The number of piperidine rings is 1. The first kappa shape index (κ1) is 15.8. The van der Waals surface area contributed by atoms with E-state index in [4.69, 9.17) is 4.42 Å². The molecule has 3 rings (SSSR count). The van der Waals surface area contributed by atoms with E-state index in [2.05, 4.69) is 16.3 Å². The normalized spacial score (nSPS) is 19.8. The first-order chi connectivity index (χ1) is 11.0. The lowest BCUT2D eigenvalue weighted by Crippen LogP contribution is -2.41. The molecule has 1 N–H and O–H groups in total. The molecule has 0 bridgehead atoms. The minimum absolute atomic E-state index is 0.160. The van der Waals surface area contributed by atoms with Gasteiger partial charge in [-0.2, -0.15) is 5.10 Å². The maximum absolute atomic E-state index is 12.9. The number of aromatic nitrogens is 2. The fraction of sp³-hybridized carbons (Fsp3) is 0.556. The molecule has 1 aliphatic heterocycles. The number of carbonyl (C=O) groups is 1. The van der Waals surface area contributed by atoms with Crippen LogP contribution in [0.15, 0.2) is 16.5 Å². The lowest BCUT2D eigenvalue weighted by atomic mass is 9.92. The highest BCUT2D eigenvalue weighted by atomic mass is 16.3. The molecule has 2 atom stereocenters. The second kappa shape index (κ2) is 6.22. The van der Waals surface area contributed by atoms with Crippen LogP contribution in [0.25, 0.3) is 0 Å². The van der Waals surface area contributed by atoms with Crippen molar-refractivity contribution in [2.75, 3.05) is 13.1 Å². The Kier molecular flexibility index (Phi) is 4.28. The number of H-pyrrole nitrogens is 1. The van der Waals surface area contributed by atoms with E-state index >= 15 is 0 Å². The van der Waals surface area contributed by atoms with Crippen molar-refractivity contribution in [2.24, 2.45) is 0 Å². The molecular formula is C18H25N3O2. The van der Waals surface area contributed by atoms with Crippen LogP contribution in [-0.2, 0) is 4.79 Å². The summed E-state index contributed by atoms with van der Waals surface area (Å²) < 4.78 is 5.58. The Morgan fingerprint density at radius 2 is 2.17 bits per heavy atom. The van der Waals surface area contributed by atoms with Crippen LogP contribution in [0.5, 0.6) is 0 Å². The molecule has 0 spiro atoms. The van der Waals surface area contributed by atoms with E-state index in [1.807, 2.05) is 38.7 Å². The molecule has 1 saturated heterocycles. The number of carbonyl (C=O) groups excluding carboxylic acids is 1. The number of hydrogen-bond donors (Lipinski definition) is 1. The molecule has 5 nitrogen and oxygen atoms in total. The van der Waals surface area contributed by atoms with Gasteiger partial charge in [-0.05, 0) is 52.7 Å². The van der Waals surface area contributed by atoms with Crippen molar-refractivity contribution in [3.63, 3.8) is 0 Å². The minimum atomic E-state index is -0.160. The van der Waals surface area contributed by atoms with Crippen LogP contribution in [0.1, 0.15) is 60.1 Å². The molecule has 1 amide bonds. The Morgan fingerprint density at radius 3 is 2.78 bits per heavy atom. The summed E-state index contributed by atoms with van der Waals surface area (Å²) in [5, 5.41) is 7.38. The summed E-state index contributed by atoms with van der Waals surface area (Å²) in [4.78, 5) is 14.9. The molecule has 1 aliphatic rings. The fourth-order valence-corrected chi connectivity index (χ4v) is 3.55. The molecule has 2 aromatic heterocycles. The zero-order valence-corrected chi connectivity index (χ0v) is 14.3. The third-order valence-electron chi connectivity index (χ3n) is 4.79. The zero-order valence-electron chi connectivity index (χ0n) is 14.3. The van der Waals surface area contributed by atoms with E-state index in [0.717, 1.165) is 54.4 Å². The van der Waals surface area contributed by atoms with Gasteiger partial charge in [0.25, 0.3) is 0 Å². The molecule has 0 saturated carbocycles.